The van der Waals surface area contributed by atoms with E-state index in [1.165, 1.54) is 30.2 Å². The van der Waals surface area contributed by atoms with Gasteiger partial charge in [0.15, 0.2) is 17.1 Å². The molecule has 1 saturated carbocycles. The normalized spacial score (nSPS) is 20.2. The fraction of sp³-hybridized carbons (Fsp3) is 0.500. The van der Waals surface area contributed by atoms with Crippen LogP contribution in [0.2, 0.25) is 0 Å². The van der Waals surface area contributed by atoms with E-state index in [1.807, 2.05) is 0 Å². The molecule has 31 heavy (non-hydrogen) atoms. The molecule has 0 aliphatic heterocycles. The summed E-state index contributed by atoms with van der Waals surface area (Å²) < 4.78 is 35.9. The number of anilines is 1. The molecule has 4 rings (SSSR count). The van der Waals surface area contributed by atoms with Crippen LogP contribution in [0.5, 0.6) is 5.75 Å². The summed E-state index contributed by atoms with van der Waals surface area (Å²) in [7, 11) is 1.50. The quantitative estimate of drug-likeness (QED) is 0.360. The molecule has 1 fully saturated rings. The minimum Gasteiger partial charge on any atom is -0.494 e. The molecule has 1 unspecified atom stereocenters. The van der Waals surface area contributed by atoms with E-state index in [0.717, 1.165) is 25.7 Å². The molecule has 3 aromatic heterocycles. The van der Waals surface area contributed by atoms with Crippen LogP contribution in [0.25, 0.3) is 5.65 Å². The number of amides is 1. The zero-order chi connectivity index (χ0) is 22.1. The van der Waals surface area contributed by atoms with Crippen molar-refractivity contribution in [3.05, 3.63) is 36.0 Å². The standard InChI is InChI=1S/C20H23F2IN6O2/c1-11(23)12-3-5-13(6-4-12)28-10-16(17(27-28)18(21)22)26-20(30)15-8-25-29-9-14(31-2)7-24-19(15)29/h7-13,18H,3-6H2,1-2H3,(H,26,30)/t11?,12-,13-. The summed E-state index contributed by atoms with van der Waals surface area (Å²) in [6.45, 7) is 2.20. The number of alkyl halides is 3. The van der Waals surface area contributed by atoms with Gasteiger partial charge >= 0.3 is 0 Å². The highest BCUT2D eigenvalue weighted by molar-refractivity contribution is 14.1. The Morgan fingerprint density at radius 2 is 2.00 bits per heavy atom. The lowest BCUT2D eigenvalue weighted by Gasteiger charge is -2.30. The number of fused-ring (bicyclic) bond motifs is 1. The Hall–Kier alpha value is -2.31. The third-order valence-electron chi connectivity index (χ3n) is 5.79. The van der Waals surface area contributed by atoms with Crippen LogP contribution in [0, 0.1) is 5.92 Å². The fourth-order valence-corrected chi connectivity index (χ4v) is 4.71. The van der Waals surface area contributed by atoms with Gasteiger partial charge in [-0.3, -0.25) is 9.48 Å². The molecule has 166 valence electrons. The monoisotopic (exact) mass is 544 g/mol. The summed E-state index contributed by atoms with van der Waals surface area (Å²) in [6.07, 6.45) is 6.95. The van der Waals surface area contributed by atoms with Crippen LogP contribution in [0.3, 0.4) is 0 Å². The maximum absolute atomic E-state index is 13.6. The van der Waals surface area contributed by atoms with Crippen molar-refractivity contribution in [2.45, 2.75) is 49.0 Å². The molecule has 8 nitrogen and oxygen atoms in total. The van der Waals surface area contributed by atoms with Crippen LogP contribution in [0.15, 0.2) is 24.8 Å². The molecule has 0 radical (unpaired) electrons. The van der Waals surface area contributed by atoms with Gasteiger partial charge in [-0.2, -0.15) is 10.2 Å². The number of hydrogen-bond donors (Lipinski definition) is 1. The molecule has 1 N–H and O–H groups in total. The highest BCUT2D eigenvalue weighted by Gasteiger charge is 2.28. The zero-order valence-electron chi connectivity index (χ0n) is 17.1. The van der Waals surface area contributed by atoms with Crippen molar-refractivity contribution < 1.29 is 18.3 Å². The van der Waals surface area contributed by atoms with Gasteiger partial charge in [-0.15, -0.1) is 0 Å². The number of nitrogens with one attached hydrogen (secondary N) is 1. The molecule has 1 amide bonds. The molecule has 1 aliphatic carbocycles. The number of nitrogens with zero attached hydrogens (tertiary/aromatic N) is 5. The van der Waals surface area contributed by atoms with Gasteiger partial charge in [0.1, 0.15) is 5.56 Å². The van der Waals surface area contributed by atoms with E-state index < -0.39 is 18.0 Å². The number of ether oxygens (including phenoxy) is 1. The van der Waals surface area contributed by atoms with Crippen LogP contribution in [0.4, 0.5) is 14.5 Å². The average Bonchev–Trinajstić information content (AvgIpc) is 3.37. The Morgan fingerprint density at radius 3 is 2.65 bits per heavy atom. The van der Waals surface area contributed by atoms with Crippen molar-refractivity contribution in [1.29, 1.82) is 0 Å². The van der Waals surface area contributed by atoms with Crippen molar-refractivity contribution >= 4 is 39.8 Å². The SMILES string of the molecule is COc1cnc2c(C(=O)Nc3cn([C@H]4CC[C@H](C(C)I)CC4)nc3C(F)F)cnn2c1. The first-order valence-corrected chi connectivity index (χ1v) is 11.3. The minimum absolute atomic E-state index is 0.0113. The molecule has 3 heterocycles. The van der Waals surface area contributed by atoms with Gasteiger partial charge in [-0.1, -0.05) is 29.5 Å². The van der Waals surface area contributed by atoms with Gasteiger partial charge in [-0.25, -0.2) is 18.3 Å². The summed E-state index contributed by atoms with van der Waals surface area (Å²) in [5.74, 6) is 0.551. The second-order valence-electron chi connectivity index (χ2n) is 7.73. The number of carbonyl (C=O) groups excluding carboxylic acids is 1. The van der Waals surface area contributed by atoms with E-state index in [9.17, 15) is 13.6 Å². The third kappa shape index (κ3) is 4.51. The first kappa shape index (κ1) is 21.9. The predicted molar refractivity (Wildman–Crippen MR) is 119 cm³/mol. The number of hydrogen-bond acceptors (Lipinski definition) is 5. The summed E-state index contributed by atoms with van der Waals surface area (Å²) in [4.78, 5) is 17.0. The van der Waals surface area contributed by atoms with E-state index in [2.05, 4.69) is 50.0 Å². The topological polar surface area (TPSA) is 86.3 Å². The average molecular weight is 544 g/mol. The van der Waals surface area contributed by atoms with Crippen LogP contribution < -0.4 is 10.1 Å². The largest absolute Gasteiger partial charge is 0.494 e. The smallest absolute Gasteiger partial charge is 0.284 e. The summed E-state index contributed by atoms with van der Waals surface area (Å²) in [6, 6.07) is 0.0562. The third-order valence-corrected chi connectivity index (χ3v) is 6.81. The Balaban J connectivity index is 1.55. The molecular weight excluding hydrogens is 521 g/mol. The van der Waals surface area contributed by atoms with Crippen LogP contribution in [-0.2, 0) is 0 Å². The van der Waals surface area contributed by atoms with Crippen molar-refractivity contribution in [2.75, 3.05) is 12.4 Å². The summed E-state index contributed by atoms with van der Waals surface area (Å²) in [5, 5.41) is 10.8. The summed E-state index contributed by atoms with van der Waals surface area (Å²) in [5.41, 5.74) is 0.0590. The molecule has 1 atom stereocenters. The van der Waals surface area contributed by atoms with Gasteiger partial charge in [0.25, 0.3) is 12.3 Å². The second-order valence-corrected chi connectivity index (χ2v) is 9.69. The van der Waals surface area contributed by atoms with Crippen LogP contribution in [-0.4, -0.2) is 41.3 Å². The highest BCUT2D eigenvalue weighted by Crippen LogP contribution is 2.37. The molecule has 3 aromatic rings. The van der Waals surface area contributed by atoms with Gasteiger partial charge in [0.05, 0.1) is 37.4 Å². The lowest BCUT2D eigenvalue weighted by atomic mass is 9.84. The predicted octanol–water partition coefficient (Wildman–Crippen LogP) is 4.68. The first-order chi connectivity index (χ1) is 14.9. The molecule has 0 aromatic carbocycles. The number of methoxy groups -OCH3 is 1. The summed E-state index contributed by atoms with van der Waals surface area (Å²) >= 11 is 2.44. The Bertz CT molecular complexity index is 1070. The fourth-order valence-electron chi connectivity index (χ4n) is 3.99. The number of halogens is 3. The number of carbonyl (C=O) groups is 1. The number of aromatic nitrogens is 5. The van der Waals surface area contributed by atoms with E-state index >= 15 is 0 Å². The van der Waals surface area contributed by atoms with E-state index in [1.54, 1.807) is 10.9 Å². The first-order valence-electron chi connectivity index (χ1n) is 10.1. The van der Waals surface area contributed by atoms with E-state index in [-0.39, 0.29) is 17.3 Å². The molecule has 0 saturated heterocycles. The van der Waals surface area contributed by atoms with Crippen molar-refractivity contribution in [1.82, 2.24) is 24.4 Å². The zero-order valence-corrected chi connectivity index (χ0v) is 19.3. The van der Waals surface area contributed by atoms with E-state index in [4.69, 9.17) is 4.74 Å². The molecule has 0 spiro atoms. The molecular formula is C20H23F2IN6O2. The molecule has 11 heteroatoms. The van der Waals surface area contributed by atoms with Crippen LogP contribution in [0.1, 0.15) is 61.1 Å². The maximum Gasteiger partial charge on any atom is 0.284 e. The molecule has 1 aliphatic rings. The van der Waals surface area contributed by atoms with Crippen molar-refractivity contribution in [3.8, 4) is 5.75 Å². The lowest BCUT2D eigenvalue weighted by Crippen LogP contribution is -2.22. The van der Waals surface area contributed by atoms with Crippen molar-refractivity contribution in [3.63, 3.8) is 0 Å². The highest BCUT2D eigenvalue weighted by atomic mass is 127. The Labute approximate surface area is 191 Å². The van der Waals surface area contributed by atoms with E-state index in [0.29, 0.717) is 21.2 Å². The maximum atomic E-state index is 13.6. The van der Waals surface area contributed by atoms with Crippen molar-refractivity contribution in [2.24, 2.45) is 5.92 Å². The lowest BCUT2D eigenvalue weighted by molar-refractivity contribution is 0.102. The van der Waals surface area contributed by atoms with Gasteiger partial charge in [0, 0.05) is 10.1 Å². The Kier molecular flexibility index (Phi) is 6.39. The minimum atomic E-state index is -2.80. The second kappa shape index (κ2) is 9.05. The van der Waals surface area contributed by atoms with Crippen LogP contribution >= 0.6 is 22.6 Å². The van der Waals surface area contributed by atoms with Gasteiger partial charge in [0.2, 0.25) is 0 Å². The number of rotatable bonds is 6. The van der Waals surface area contributed by atoms with Gasteiger partial charge < -0.3 is 10.1 Å². The Morgan fingerprint density at radius 1 is 1.26 bits per heavy atom. The molecule has 0 bridgehead atoms. The van der Waals surface area contributed by atoms with Gasteiger partial charge in [-0.05, 0) is 31.6 Å².